The molecule has 18 heavy (non-hydrogen) atoms. The molecule has 2 nitrogen and oxygen atoms in total. The molecule has 0 fully saturated rings. The second-order valence-electron chi connectivity index (χ2n) is 5.70. The van der Waals surface area contributed by atoms with E-state index in [1.54, 1.807) is 0 Å². The Bertz CT molecular complexity index is 308. The van der Waals surface area contributed by atoms with Crippen LogP contribution in [0.25, 0.3) is 0 Å². The summed E-state index contributed by atoms with van der Waals surface area (Å²) in [6.45, 7) is 11.3. The first-order valence-corrected chi connectivity index (χ1v) is 7.83. The molecule has 0 aromatic carbocycles. The van der Waals surface area contributed by atoms with Crippen LogP contribution in [0.15, 0.2) is 17.5 Å². The summed E-state index contributed by atoms with van der Waals surface area (Å²) in [5.74, 6) is 0.728. The minimum absolute atomic E-state index is 0.582. The van der Waals surface area contributed by atoms with Crippen molar-refractivity contribution in [2.75, 3.05) is 20.1 Å². The number of rotatable bonds is 8. The predicted octanol–water partition coefficient (Wildman–Crippen LogP) is 3.25. The van der Waals surface area contributed by atoms with Crippen molar-refractivity contribution < 1.29 is 0 Å². The van der Waals surface area contributed by atoms with Crippen molar-refractivity contribution in [3.8, 4) is 0 Å². The molecule has 0 amide bonds. The average molecular weight is 268 g/mol. The molecule has 1 N–H and O–H groups in total. The molecule has 0 aliphatic carbocycles. The van der Waals surface area contributed by atoms with E-state index in [2.05, 4.69) is 62.5 Å². The highest BCUT2D eigenvalue weighted by atomic mass is 32.1. The van der Waals surface area contributed by atoms with Gasteiger partial charge in [0.25, 0.3) is 0 Å². The van der Waals surface area contributed by atoms with Crippen LogP contribution in [-0.4, -0.2) is 37.1 Å². The molecule has 0 saturated carbocycles. The highest BCUT2D eigenvalue weighted by Crippen LogP contribution is 2.14. The normalized spacial score (nSPS) is 15.3. The van der Waals surface area contributed by atoms with Crippen LogP contribution in [0.1, 0.15) is 32.6 Å². The lowest BCUT2D eigenvalue weighted by Gasteiger charge is -2.31. The number of thiophene rings is 1. The number of hydrogen-bond donors (Lipinski definition) is 1. The van der Waals surface area contributed by atoms with E-state index < -0.39 is 0 Å². The predicted molar refractivity (Wildman–Crippen MR) is 82.4 cm³/mol. The van der Waals surface area contributed by atoms with Gasteiger partial charge in [0.2, 0.25) is 0 Å². The van der Waals surface area contributed by atoms with Crippen molar-refractivity contribution in [3.05, 3.63) is 22.4 Å². The summed E-state index contributed by atoms with van der Waals surface area (Å²) in [5.41, 5.74) is 0. The molecule has 2 unspecified atom stereocenters. The minimum atomic E-state index is 0.582. The SMILES string of the molecule is CC(C)CNCC(C)N(C)C(C)Cc1cccs1. The largest absolute Gasteiger partial charge is 0.315 e. The fourth-order valence-electron chi connectivity index (χ4n) is 2.02. The quantitative estimate of drug-likeness (QED) is 0.778. The van der Waals surface area contributed by atoms with E-state index in [0.717, 1.165) is 25.4 Å². The third-order valence-electron chi connectivity index (χ3n) is 3.46. The molecule has 0 aliphatic rings. The lowest BCUT2D eigenvalue weighted by Crippen LogP contribution is -2.44. The van der Waals surface area contributed by atoms with E-state index in [-0.39, 0.29) is 0 Å². The smallest absolute Gasteiger partial charge is 0.0192 e. The molecular formula is C15H28N2S. The van der Waals surface area contributed by atoms with Gasteiger partial charge >= 0.3 is 0 Å². The third-order valence-corrected chi connectivity index (χ3v) is 4.36. The van der Waals surface area contributed by atoms with Crippen molar-refractivity contribution in [2.45, 2.75) is 46.2 Å². The lowest BCUT2D eigenvalue weighted by atomic mass is 10.1. The van der Waals surface area contributed by atoms with Gasteiger partial charge in [-0.2, -0.15) is 0 Å². The molecule has 104 valence electrons. The first-order valence-electron chi connectivity index (χ1n) is 6.95. The van der Waals surface area contributed by atoms with Gasteiger partial charge < -0.3 is 5.32 Å². The molecular weight excluding hydrogens is 240 g/mol. The van der Waals surface area contributed by atoms with Crippen LogP contribution in [0.5, 0.6) is 0 Å². The Morgan fingerprint density at radius 2 is 1.89 bits per heavy atom. The van der Waals surface area contributed by atoms with E-state index >= 15 is 0 Å². The zero-order chi connectivity index (χ0) is 13.5. The Morgan fingerprint density at radius 1 is 1.17 bits per heavy atom. The Labute approximate surface area is 116 Å². The second kappa shape index (κ2) is 7.93. The Morgan fingerprint density at radius 3 is 2.44 bits per heavy atom. The molecule has 0 saturated heterocycles. The van der Waals surface area contributed by atoms with Crippen LogP contribution in [0.3, 0.4) is 0 Å². The van der Waals surface area contributed by atoms with E-state index in [1.165, 1.54) is 4.88 Å². The van der Waals surface area contributed by atoms with Crippen LogP contribution < -0.4 is 5.32 Å². The summed E-state index contributed by atoms with van der Waals surface area (Å²) < 4.78 is 0. The van der Waals surface area contributed by atoms with Crippen molar-refractivity contribution in [1.82, 2.24) is 10.2 Å². The van der Waals surface area contributed by atoms with Crippen LogP contribution in [-0.2, 0) is 6.42 Å². The summed E-state index contributed by atoms with van der Waals surface area (Å²) in [4.78, 5) is 3.96. The summed E-state index contributed by atoms with van der Waals surface area (Å²) in [5, 5.41) is 5.70. The first kappa shape index (κ1) is 15.7. The van der Waals surface area contributed by atoms with E-state index in [4.69, 9.17) is 0 Å². The highest BCUT2D eigenvalue weighted by Gasteiger charge is 2.16. The molecule has 0 aliphatic heterocycles. The topological polar surface area (TPSA) is 15.3 Å². The van der Waals surface area contributed by atoms with Gasteiger partial charge in [-0.05, 0) is 51.2 Å². The maximum atomic E-state index is 3.54. The van der Waals surface area contributed by atoms with Crippen LogP contribution in [0.4, 0.5) is 0 Å². The summed E-state index contributed by atoms with van der Waals surface area (Å²) >= 11 is 1.86. The van der Waals surface area contributed by atoms with Gasteiger partial charge in [-0.25, -0.2) is 0 Å². The lowest BCUT2D eigenvalue weighted by molar-refractivity contribution is 0.190. The number of nitrogens with one attached hydrogen (secondary N) is 1. The van der Waals surface area contributed by atoms with Crippen molar-refractivity contribution >= 4 is 11.3 Å². The van der Waals surface area contributed by atoms with Gasteiger partial charge in [-0.3, -0.25) is 4.90 Å². The van der Waals surface area contributed by atoms with E-state index in [0.29, 0.717) is 12.1 Å². The standard InChI is InChI=1S/C15H28N2S/c1-12(2)10-16-11-14(4)17(5)13(3)9-15-7-6-8-18-15/h6-8,12-14,16H,9-11H2,1-5H3. The van der Waals surface area contributed by atoms with Crippen LogP contribution in [0.2, 0.25) is 0 Å². The summed E-state index contributed by atoms with van der Waals surface area (Å²) in [6, 6.07) is 5.55. The Hall–Kier alpha value is -0.380. The fraction of sp³-hybridized carbons (Fsp3) is 0.733. The minimum Gasteiger partial charge on any atom is -0.315 e. The summed E-state index contributed by atoms with van der Waals surface area (Å²) in [6.07, 6.45) is 1.16. The molecule has 1 aromatic heterocycles. The van der Waals surface area contributed by atoms with Crippen LogP contribution >= 0.6 is 11.3 Å². The zero-order valence-electron chi connectivity index (χ0n) is 12.4. The molecule has 0 radical (unpaired) electrons. The van der Waals surface area contributed by atoms with Gasteiger partial charge in [-0.15, -0.1) is 11.3 Å². The van der Waals surface area contributed by atoms with Crippen molar-refractivity contribution in [3.63, 3.8) is 0 Å². The molecule has 0 bridgehead atoms. The first-order chi connectivity index (χ1) is 8.50. The number of likely N-dealkylation sites (N-methyl/N-ethyl adjacent to an activating group) is 1. The van der Waals surface area contributed by atoms with Crippen LogP contribution in [0, 0.1) is 5.92 Å². The molecule has 1 rings (SSSR count). The number of hydrogen-bond acceptors (Lipinski definition) is 3. The zero-order valence-corrected chi connectivity index (χ0v) is 13.3. The molecule has 0 spiro atoms. The summed E-state index contributed by atoms with van der Waals surface area (Å²) in [7, 11) is 2.24. The average Bonchev–Trinajstić information content (AvgIpc) is 2.80. The van der Waals surface area contributed by atoms with Gasteiger partial charge in [-0.1, -0.05) is 19.9 Å². The highest BCUT2D eigenvalue weighted by molar-refractivity contribution is 7.09. The third kappa shape index (κ3) is 5.51. The van der Waals surface area contributed by atoms with E-state index in [1.807, 2.05) is 11.3 Å². The van der Waals surface area contributed by atoms with Crippen molar-refractivity contribution in [2.24, 2.45) is 5.92 Å². The van der Waals surface area contributed by atoms with Gasteiger partial charge in [0.15, 0.2) is 0 Å². The molecule has 1 heterocycles. The monoisotopic (exact) mass is 268 g/mol. The molecule has 3 heteroatoms. The van der Waals surface area contributed by atoms with Gasteiger partial charge in [0.05, 0.1) is 0 Å². The Kier molecular flexibility index (Phi) is 6.90. The van der Waals surface area contributed by atoms with Gasteiger partial charge in [0, 0.05) is 23.5 Å². The van der Waals surface area contributed by atoms with Gasteiger partial charge in [0.1, 0.15) is 0 Å². The maximum absolute atomic E-state index is 3.54. The number of nitrogens with zero attached hydrogens (tertiary/aromatic N) is 1. The maximum Gasteiger partial charge on any atom is 0.0192 e. The molecule has 2 atom stereocenters. The second-order valence-corrected chi connectivity index (χ2v) is 6.73. The van der Waals surface area contributed by atoms with E-state index in [9.17, 15) is 0 Å². The van der Waals surface area contributed by atoms with Crippen molar-refractivity contribution in [1.29, 1.82) is 0 Å². The Balaban J connectivity index is 2.30. The molecule has 1 aromatic rings. The fourth-order valence-corrected chi connectivity index (χ4v) is 2.85.